The molecule has 0 aliphatic carbocycles. The van der Waals surface area contributed by atoms with Crippen LogP contribution in [0.15, 0.2) is 71.1 Å². The molecule has 0 saturated heterocycles. The minimum atomic E-state index is 0.937. The molecule has 3 rings (SSSR count). The van der Waals surface area contributed by atoms with Crippen LogP contribution in [0.1, 0.15) is 54.4 Å². The van der Waals surface area contributed by atoms with E-state index in [1.165, 1.54) is 41.5 Å². The topological polar surface area (TPSA) is 13.1 Å². The highest BCUT2D eigenvalue weighted by molar-refractivity contribution is 5.90. The molecule has 0 fully saturated rings. The molecule has 1 heterocycles. The van der Waals surface area contributed by atoms with E-state index < -0.39 is 0 Å². The predicted molar refractivity (Wildman–Crippen MR) is 107 cm³/mol. The van der Waals surface area contributed by atoms with Crippen LogP contribution in [0.5, 0.6) is 0 Å². The first-order valence-electron chi connectivity index (χ1n) is 9.19. The molecule has 0 amide bonds. The molecule has 0 saturated carbocycles. The van der Waals surface area contributed by atoms with Crippen LogP contribution in [0.3, 0.4) is 0 Å². The molecule has 128 valence electrons. The standard InChI is InChI=1S/C24H26O/c1-3-4-7-16-22-17-23(25-19(22)2)18-24(20-12-8-5-9-13-20)21-14-10-6-11-15-21/h5-6,8-15,17-18H,3-4,7,16H2,1-2H3. The van der Waals surface area contributed by atoms with Gasteiger partial charge in [-0.05, 0) is 54.2 Å². The second-order valence-corrected chi connectivity index (χ2v) is 6.48. The van der Waals surface area contributed by atoms with Gasteiger partial charge in [-0.15, -0.1) is 0 Å². The van der Waals surface area contributed by atoms with Crippen molar-refractivity contribution in [1.82, 2.24) is 0 Å². The zero-order chi connectivity index (χ0) is 17.5. The summed E-state index contributed by atoms with van der Waals surface area (Å²) in [5, 5.41) is 0. The molecular formula is C24H26O. The molecule has 25 heavy (non-hydrogen) atoms. The Morgan fingerprint density at radius 3 is 2.04 bits per heavy atom. The quantitative estimate of drug-likeness (QED) is 0.429. The van der Waals surface area contributed by atoms with Crippen molar-refractivity contribution in [2.75, 3.05) is 0 Å². The molecule has 0 aliphatic rings. The van der Waals surface area contributed by atoms with Crippen molar-refractivity contribution in [3.05, 3.63) is 94.9 Å². The number of benzene rings is 2. The van der Waals surface area contributed by atoms with Crippen molar-refractivity contribution in [3.63, 3.8) is 0 Å². The molecule has 0 radical (unpaired) electrons. The van der Waals surface area contributed by atoms with Crippen molar-refractivity contribution in [3.8, 4) is 0 Å². The van der Waals surface area contributed by atoms with Gasteiger partial charge in [0.25, 0.3) is 0 Å². The SMILES string of the molecule is CCCCCc1cc(C=C(c2ccccc2)c2ccccc2)oc1C. The van der Waals surface area contributed by atoms with Gasteiger partial charge >= 0.3 is 0 Å². The van der Waals surface area contributed by atoms with Crippen molar-refractivity contribution < 1.29 is 4.42 Å². The van der Waals surface area contributed by atoms with Gasteiger partial charge < -0.3 is 4.42 Å². The average Bonchev–Trinajstić information content (AvgIpc) is 3.01. The zero-order valence-corrected chi connectivity index (χ0v) is 15.2. The molecule has 3 aromatic rings. The van der Waals surface area contributed by atoms with E-state index in [0.717, 1.165) is 17.9 Å². The summed E-state index contributed by atoms with van der Waals surface area (Å²) in [6, 6.07) is 23.2. The van der Waals surface area contributed by atoms with Crippen molar-refractivity contribution in [1.29, 1.82) is 0 Å². The fourth-order valence-corrected chi connectivity index (χ4v) is 3.14. The van der Waals surface area contributed by atoms with Gasteiger partial charge in [-0.2, -0.15) is 0 Å². The molecule has 2 aromatic carbocycles. The number of aryl methyl sites for hydroxylation is 2. The highest BCUT2D eigenvalue weighted by Gasteiger charge is 2.09. The third kappa shape index (κ3) is 4.51. The fraction of sp³-hybridized carbons (Fsp3) is 0.250. The fourth-order valence-electron chi connectivity index (χ4n) is 3.14. The lowest BCUT2D eigenvalue weighted by Crippen LogP contribution is -1.87. The van der Waals surface area contributed by atoms with Crippen LogP contribution in [-0.4, -0.2) is 0 Å². The van der Waals surface area contributed by atoms with Crippen LogP contribution in [-0.2, 0) is 6.42 Å². The van der Waals surface area contributed by atoms with E-state index in [-0.39, 0.29) is 0 Å². The molecule has 1 nitrogen and oxygen atoms in total. The molecule has 1 aromatic heterocycles. The lowest BCUT2D eigenvalue weighted by molar-refractivity contribution is 0.519. The molecule has 0 bridgehead atoms. The molecular weight excluding hydrogens is 304 g/mol. The maximum atomic E-state index is 6.04. The Morgan fingerprint density at radius 2 is 1.48 bits per heavy atom. The van der Waals surface area contributed by atoms with Gasteiger partial charge in [0.15, 0.2) is 0 Å². The monoisotopic (exact) mass is 330 g/mol. The van der Waals surface area contributed by atoms with E-state index >= 15 is 0 Å². The first kappa shape index (κ1) is 17.3. The van der Waals surface area contributed by atoms with Gasteiger partial charge in [0, 0.05) is 0 Å². The van der Waals surface area contributed by atoms with Crippen LogP contribution in [0.25, 0.3) is 11.6 Å². The van der Waals surface area contributed by atoms with Gasteiger partial charge in [0.2, 0.25) is 0 Å². The predicted octanol–water partition coefficient (Wildman–Crippen LogP) is 6.91. The summed E-state index contributed by atoms with van der Waals surface area (Å²) < 4.78 is 6.04. The van der Waals surface area contributed by atoms with Gasteiger partial charge in [-0.1, -0.05) is 80.4 Å². The van der Waals surface area contributed by atoms with Gasteiger partial charge in [0.05, 0.1) is 0 Å². The Kier molecular flexibility index (Phi) is 5.90. The Hall–Kier alpha value is -2.54. The first-order chi connectivity index (χ1) is 12.3. The summed E-state index contributed by atoms with van der Waals surface area (Å²) in [5.41, 5.74) is 4.93. The van der Waals surface area contributed by atoms with Gasteiger partial charge in [-0.3, -0.25) is 0 Å². The lowest BCUT2D eigenvalue weighted by atomic mass is 9.97. The maximum Gasteiger partial charge on any atom is 0.127 e. The largest absolute Gasteiger partial charge is 0.462 e. The van der Waals surface area contributed by atoms with E-state index in [1.807, 2.05) is 0 Å². The second kappa shape index (κ2) is 8.53. The van der Waals surface area contributed by atoms with Gasteiger partial charge in [-0.25, -0.2) is 0 Å². The zero-order valence-electron chi connectivity index (χ0n) is 15.2. The summed E-state index contributed by atoms with van der Waals surface area (Å²) in [5.74, 6) is 1.98. The van der Waals surface area contributed by atoms with E-state index in [1.54, 1.807) is 0 Å². The van der Waals surface area contributed by atoms with E-state index in [9.17, 15) is 0 Å². The molecule has 0 aliphatic heterocycles. The Labute approximate surface area is 151 Å². The van der Waals surface area contributed by atoms with Crippen molar-refractivity contribution in [2.45, 2.75) is 39.5 Å². The second-order valence-electron chi connectivity index (χ2n) is 6.48. The normalized spacial score (nSPS) is 10.6. The van der Waals surface area contributed by atoms with Crippen LogP contribution in [0, 0.1) is 6.92 Å². The molecule has 0 atom stereocenters. The van der Waals surface area contributed by atoms with Crippen molar-refractivity contribution in [2.24, 2.45) is 0 Å². The van der Waals surface area contributed by atoms with Gasteiger partial charge in [0.1, 0.15) is 11.5 Å². The summed E-state index contributed by atoms with van der Waals surface area (Å²) in [6.45, 7) is 4.31. The third-order valence-corrected chi connectivity index (χ3v) is 4.55. The lowest BCUT2D eigenvalue weighted by Gasteiger charge is -2.07. The molecule has 0 unspecified atom stereocenters. The summed E-state index contributed by atoms with van der Waals surface area (Å²) in [6.07, 6.45) is 7.01. The van der Waals surface area contributed by atoms with Crippen LogP contribution >= 0.6 is 0 Å². The summed E-state index contributed by atoms with van der Waals surface area (Å²) >= 11 is 0. The summed E-state index contributed by atoms with van der Waals surface area (Å²) in [4.78, 5) is 0. The number of hydrogen-bond donors (Lipinski definition) is 0. The number of rotatable bonds is 7. The van der Waals surface area contributed by atoms with E-state index in [2.05, 4.69) is 86.7 Å². The maximum absolute atomic E-state index is 6.04. The highest BCUT2D eigenvalue weighted by atomic mass is 16.3. The molecule has 0 N–H and O–H groups in total. The summed E-state index contributed by atoms with van der Waals surface area (Å²) in [7, 11) is 0. The average molecular weight is 330 g/mol. The smallest absolute Gasteiger partial charge is 0.127 e. The Bertz CT molecular complexity index is 768. The van der Waals surface area contributed by atoms with Crippen LogP contribution < -0.4 is 0 Å². The minimum absolute atomic E-state index is 0.937. The molecule has 0 spiro atoms. The van der Waals surface area contributed by atoms with E-state index in [4.69, 9.17) is 4.42 Å². The first-order valence-corrected chi connectivity index (χ1v) is 9.19. The Balaban J connectivity index is 1.95. The number of hydrogen-bond acceptors (Lipinski definition) is 1. The third-order valence-electron chi connectivity index (χ3n) is 4.55. The van der Waals surface area contributed by atoms with E-state index in [0.29, 0.717) is 0 Å². The Morgan fingerprint density at radius 1 is 0.880 bits per heavy atom. The van der Waals surface area contributed by atoms with Crippen molar-refractivity contribution >= 4 is 11.6 Å². The van der Waals surface area contributed by atoms with Crippen LogP contribution in [0.2, 0.25) is 0 Å². The number of furan rings is 1. The molecule has 1 heteroatoms. The van der Waals surface area contributed by atoms with Crippen LogP contribution in [0.4, 0.5) is 0 Å². The minimum Gasteiger partial charge on any atom is -0.462 e. The highest BCUT2D eigenvalue weighted by Crippen LogP contribution is 2.28. The number of unbranched alkanes of at least 4 members (excludes halogenated alkanes) is 2.